The van der Waals surface area contributed by atoms with Crippen LogP contribution in [0.4, 0.5) is 4.79 Å². The summed E-state index contributed by atoms with van der Waals surface area (Å²) >= 11 is 0. The highest BCUT2D eigenvalue weighted by Gasteiger charge is 2.48. The molecule has 5 amide bonds. The quantitative estimate of drug-likeness (QED) is 0.176. The van der Waals surface area contributed by atoms with Crippen LogP contribution in [0.1, 0.15) is 98.0 Å². The van der Waals surface area contributed by atoms with Gasteiger partial charge in [0.25, 0.3) is 5.91 Å². The van der Waals surface area contributed by atoms with Crippen molar-refractivity contribution < 1.29 is 37.1 Å². The van der Waals surface area contributed by atoms with E-state index >= 15 is 0 Å². The van der Waals surface area contributed by atoms with Crippen molar-refractivity contribution in [3.8, 4) is 5.75 Å². The Balaban J connectivity index is 1.32. The predicted molar refractivity (Wildman–Crippen MR) is 212 cm³/mol. The van der Waals surface area contributed by atoms with Gasteiger partial charge in [0.1, 0.15) is 24.4 Å². The Morgan fingerprint density at radius 1 is 0.929 bits per heavy atom. The number of nitrogens with one attached hydrogen (secondary N) is 3. The number of ketones is 1. The van der Waals surface area contributed by atoms with Crippen LogP contribution in [0, 0.1) is 23.2 Å². The van der Waals surface area contributed by atoms with Gasteiger partial charge >= 0.3 is 6.03 Å². The normalized spacial score (nSPS) is 20.8. The zero-order valence-corrected chi connectivity index (χ0v) is 34.2. The number of sulfone groups is 1. The minimum Gasteiger partial charge on any atom is -0.489 e. The first-order chi connectivity index (χ1) is 26.4. The van der Waals surface area contributed by atoms with Gasteiger partial charge in [0.2, 0.25) is 17.6 Å². The van der Waals surface area contributed by atoms with Crippen molar-refractivity contribution in [2.45, 2.75) is 128 Å². The molecule has 13 nitrogen and oxygen atoms in total. The molecule has 5 rings (SSSR count). The Morgan fingerprint density at radius 3 is 2.21 bits per heavy atom. The molecule has 1 aliphatic heterocycles. The van der Waals surface area contributed by atoms with E-state index in [9.17, 15) is 32.4 Å². The molecule has 0 bridgehead atoms. The number of nitrogens with two attached hydrogens (primary N) is 1. The number of nitrogens with zero attached hydrogens (tertiary/aromatic N) is 1. The smallest absolute Gasteiger partial charge is 0.315 e. The summed E-state index contributed by atoms with van der Waals surface area (Å²) in [6.07, 6.45) is 5.84. The molecular formula is C42H59N5O8S. The van der Waals surface area contributed by atoms with Crippen LogP contribution in [-0.4, -0.2) is 78.8 Å². The van der Waals surface area contributed by atoms with Crippen LogP contribution in [0.3, 0.4) is 0 Å². The van der Waals surface area contributed by atoms with E-state index in [-0.39, 0.29) is 41.6 Å². The van der Waals surface area contributed by atoms with Crippen molar-refractivity contribution in [3.63, 3.8) is 0 Å². The van der Waals surface area contributed by atoms with Gasteiger partial charge in [0, 0.05) is 6.54 Å². The lowest BCUT2D eigenvalue weighted by Crippen LogP contribution is -2.63. The standard InChI is InChI=1S/C42H59N5O8S/c1-27(2)32-19-22-47(34(32)38(50)44-33(23-28-17-18-28)35(48)37(43)49)39(51)36(41(3,4)5)45-40(52)46-42(20-10-7-11-21-42)26-56(53,54)31-16-12-15-30(24-31)55-25-29-13-8-6-9-14-29/h6,8-9,12-16,24,27-28,32-34,36H,7,10-11,17-23,25-26H2,1-5H3,(H2,43,49)(H,44,50)(H2,45,46,52)/t32-,33?,34+,36-/m1/s1. The summed E-state index contributed by atoms with van der Waals surface area (Å²) in [5.74, 6) is -2.93. The first-order valence-corrected chi connectivity index (χ1v) is 21.6. The Bertz CT molecular complexity index is 1850. The lowest BCUT2D eigenvalue weighted by atomic mass is 9.83. The monoisotopic (exact) mass is 793 g/mol. The number of benzene rings is 2. The van der Waals surface area contributed by atoms with Gasteiger partial charge in [0.05, 0.1) is 22.2 Å². The number of hydrogen-bond acceptors (Lipinski definition) is 8. The molecular weight excluding hydrogens is 735 g/mol. The van der Waals surface area contributed by atoms with E-state index in [4.69, 9.17) is 10.5 Å². The number of amides is 5. The fraction of sp³-hybridized carbons (Fsp3) is 0.595. The maximum atomic E-state index is 14.5. The minimum atomic E-state index is -3.91. The van der Waals surface area contributed by atoms with Gasteiger partial charge in [-0.15, -0.1) is 0 Å². The summed E-state index contributed by atoms with van der Waals surface area (Å²) < 4.78 is 33.9. The molecule has 2 aliphatic carbocycles. The van der Waals surface area contributed by atoms with E-state index in [1.165, 1.54) is 17.0 Å². The molecule has 4 atom stereocenters. The van der Waals surface area contributed by atoms with E-state index in [0.717, 1.165) is 37.7 Å². The highest BCUT2D eigenvalue weighted by Crippen LogP contribution is 2.36. The topological polar surface area (TPSA) is 194 Å². The SMILES string of the molecule is CC(C)[C@H]1CCN(C(=O)[C@@H](NC(=O)NC2(CS(=O)(=O)c3cccc(OCc4ccccc4)c3)CCCCC2)C(C)(C)C)[C@@H]1C(=O)NC(CC1CC1)C(=O)C(N)=O. The van der Waals surface area contributed by atoms with Gasteiger partial charge in [-0.05, 0) is 72.6 Å². The maximum absolute atomic E-state index is 14.5. The van der Waals surface area contributed by atoms with Crippen LogP contribution in [0.15, 0.2) is 59.5 Å². The van der Waals surface area contributed by atoms with E-state index in [0.29, 0.717) is 31.4 Å². The van der Waals surface area contributed by atoms with Gasteiger partial charge in [-0.3, -0.25) is 19.2 Å². The summed E-state index contributed by atoms with van der Waals surface area (Å²) in [4.78, 5) is 68.7. The molecule has 2 saturated carbocycles. The fourth-order valence-electron chi connectivity index (χ4n) is 8.15. The van der Waals surface area contributed by atoms with Crippen LogP contribution in [0.5, 0.6) is 5.75 Å². The van der Waals surface area contributed by atoms with Crippen LogP contribution in [0.25, 0.3) is 0 Å². The molecule has 0 spiro atoms. The third-order valence-electron chi connectivity index (χ3n) is 11.5. The highest BCUT2D eigenvalue weighted by molar-refractivity contribution is 7.91. The first-order valence-electron chi connectivity index (χ1n) is 19.9. The number of primary amides is 1. The fourth-order valence-corrected chi connectivity index (χ4v) is 9.98. The molecule has 14 heteroatoms. The molecule has 3 fully saturated rings. The molecule has 0 aromatic heterocycles. The van der Waals surface area contributed by atoms with E-state index in [1.807, 2.05) is 65.0 Å². The number of urea groups is 1. The Morgan fingerprint density at radius 2 is 1.61 bits per heavy atom. The third-order valence-corrected chi connectivity index (χ3v) is 13.4. The lowest BCUT2D eigenvalue weighted by molar-refractivity contribution is -0.144. The lowest BCUT2D eigenvalue weighted by Gasteiger charge is -2.40. The number of carbonyl (C=O) groups is 5. The second-order valence-corrected chi connectivity index (χ2v) is 19.4. The van der Waals surface area contributed by atoms with Crippen molar-refractivity contribution in [1.82, 2.24) is 20.9 Å². The number of carbonyl (C=O) groups excluding carboxylic acids is 5. The first kappa shape index (κ1) is 42.7. The number of likely N-dealkylation sites (tertiary alicyclic amines) is 1. The number of hydrogen-bond donors (Lipinski definition) is 4. The maximum Gasteiger partial charge on any atom is 0.315 e. The minimum absolute atomic E-state index is 0.00541. The Hall–Kier alpha value is -4.46. The number of Topliss-reactive ketones (excluding diaryl/α,β-unsaturated/α-hetero) is 1. The van der Waals surface area contributed by atoms with Crippen LogP contribution in [0.2, 0.25) is 0 Å². The zero-order valence-electron chi connectivity index (χ0n) is 33.3. The molecule has 0 radical (unpaired) electrons. The van der Waals surface area contributed by atoms with Crippen molar-refractivity contribution in [2.75, 3.05) is 12.3 Å². The largest absolute Gasteiger partial charge is 0.489 e. The van der Waals surface area contributed by atoms with Gasteiger partial charge < -0.3 is 31.3 Å². The van der Waals surface area contributed by atoms with Crippen molar-refractivity contribution >= 4 is 39.4 Å². The molecule has 3 aliphatic rings. The summed E-state index contributed by atoms with van der Waals surface area (Å²) in [5, 5.41) is 8.66. The van der Waals surface area contributed by atoms with Gasteiger partial charge in [0.15, 0.2) is 9.84 Å². The van der Waals surface area contributed by atoms with Crippen LogP contribution >= 0.6 is 0 Å². The molecule has 1 heterocycles. The van der Waals surface area contributed by atoms with E-state index in [2.05, 4.69) is 16.0 Å². The molecule has 5 N–H and O–H groups in total. The molecule has 306 valence electrons. The number of ether oxygens (including phenoxy) is 1. The average molecular weight is 794 g/mol. The second-order valence-electron chi connectivity index (χ2n) is 17.4. The third kappa shape index (κ3) is 10.9. The van der Waals surface area contributed by atoms with Gasteiger partial charge in [-0.2, -0.15) is 0 Å². The summed E-state index contributed by atoms with van der Waals surface area (Å²) in [7, 11) is -3.91. The summed E-state index contributed by atoms with van der Waals surface area (Å²) in [6.45, 7) is 9.90. The zero-order chi connectivity index (χ0) is 40.8. The Labute approximate surface area is 331 Å². The number of rotatable bonds is 16. The Kier molecular flexibility index (Phi) is 13.5. The van der Waals surface area contributed by atoms with Crippen molar-refractivity contribution in [3.05, 3.63) is 60.2 Å². The summed E-state index contributed by atoms with van der Waals surface area (Å²) in [6, 6.07) is 12.2. The van der Waals surface area contributed by atoms with Gasteiger partial charge in [-0.25, -0.2) is 13.2 Å². The van der Waals surface area contributed by atoms with Crippen LogP contribution < -0.4 is 26.4 Å². The molecule has 2 aromatic carbocycles. The van der Waals surface area contributed by atoms with Gasteiger partial charge in [-0.1, -0.05) is 103 Å². The van der Waals surface area contributed by atoms with Crippen molar-refractivity contribution in [2.24, 2.45) is 28.9 Å². The molecule has 56 heavy (non-hydrogen) atoms. The van der Waals surface area contributed by atoms with Crippen molar-refractivity contribution in [1.29, 1.82) is 0 Å². The molecule has 1 unspecified atom stereocenters. The van der Waals surface area contributed by atoms with E-state index < -0.39 is 68.5 Å². The molecule has 2 aromatic rings. The predicted octanol–water partition coefficient (Wildman–Crippen LogP) is 4.67. The molecule has 1 saturated heterocycles. The second kappa shape index (κ2) is 17.8. The average Bonchev–Trinajstić information content (AvgIpc) is 3.85. The highest BCUT2D eigenvalue weighted by atomic mass is 32.2. The van der Waals surface area contributed by atoms with Crippen LogP contribution in [-0.2, 0) is 35.6 Å². The summed E-state index contributed by atoms with van der Waals surface area (Å²) in [5.41, 5.74) is 4.38. The van der Waals surface area contributed by atoms with E-state index in [1.54, 1.807) is 12.1 Å².